The number of hydrogen-bond acceptors (Lipinski definition) is 4. The van der Waals surface area contributed by atoms with Crippen LogP contribution in [0.5, 0.6) is 0 Å². The number of nitrogens with two attached hydrogens (primary N) is 1. The Morgan fingerprint density at radius 1 is 1.30 bits per heavy atom. The van der Waals surface area contributed by atoms with Gasteiger partial charge in [0.2, 0.25) is 0 Å². The molecule has 0 spiro atoms. The predicted molar refractivity (Wildman–Crippen MR) is 87.3 cm³/mol. The molecular weight excluding hydrogens is 365 g/mol. The van der Waals surface area contributed by atoms with Crippen molar-refractivity contribution < 1.29 is 0 Å². The average molecular weight is 383 g/mol. The molecule has 0 aromatic carbocycles. The lowest BCUT2D eigenvalue weighted by Crippen LogP contribution is -2.08. The fraction of sp³-hybridized carbons (Fsp3) is 0.500. The molecule has 2 aromatic heterocycles. The molecule has 0 unspecified atom stereocenters. The van der Waals surface area contributed by atoms with Crippen LogP contribution in [0.25, 0.3) is 11.4 Å². The van der Waals surface area contributed by atoms with Gasteiger partial charge in [-0.2, -0.15) is 5.10 Å². The summed E-state index contributed by atoms with van der Waals surface area (Å²) in [4.78, 5) is 9.26. The van der Waals surface area contributed by atoms with Gasteiger partial charge in [0, 0.05) is 19.2 Å². The van der Waals surface area contributed by atoms with Gasteiger partial charge in [-0.25, -0.2) is 9.97 Å². The summed E-state index contributed by atoms with van der Waals surface area (Å²) < 4.78 is 2.80. The molecule has 0 atom stereocenters. The molecule has 2 N–H and O–H groups in total. The van der Waals surface area contributed by atoms with E-state index in [4.69, 9.17) is 10.7 Å². The van der Waals surface area contributed by atoms with E-state index < -0.39 is 0 Å². The lowest BCUT2D eigenvalue weighted by Gasteiger charge is -2.13. The number of aryl methyl sites for hydroxylation is 2. The summed E-state index contributed by atoms with van der Waals surface area (Å²) in [5, 5.41) is 4.36. The number of anilines is 1. The highest BCUT2D eigenvalue weighted by Crippen LogP contribution is 2.37. The summed E-state index contributed by atoms with van der Waals surface area (Å²) in [5.41, 5.74) is 9.12. The highest BCUT2D eigenvalue weighted by molar-refractivity contribution is 14.1. The number of aromatic nitrogens is 4. The molecule has 0 saturated heterocycles. The van der Waals surface area contributed by atoms with Gasteiger partial charge in [0.1, 0.15) is 5.82 Å². The Morgan fingerprint density at radius 2 is 2.00 bits per heavy atom. The van der Waals surface area contributed by atoms with E-state index >= 15 is 0 Å². The van der Waals surface area contributed by atoms with E-state index in [2.05, 4.69) is 32.7 Å². The van der Waals surface area contributed by atoms with Gasteiger partial charge in [0.05, 0.1) is 20.5 Å². The minimum Gasteiger partial charge on any atom is -0.383 e. The summed E-state index contributed by atoms with van der Waals surface area (Å²) >= 11 is 2.27. The normalized spacial score (nSPS) is 15.9. The third kappa shape index (κ3) is 2.41. The Bertz CT molecular complexity index is 643. The SMILES string of the molecule is Cc1nn(C)cc1-c1nc(N)c(I)c(C2CCCC2)n1. The van der Waals surface area contributed by atoms with Crippen LogP contribution in [0.3, 0.4) is 0 Å². The topological polar surface area (TPSA) is 69.6 Å². The van der Waals surface area contributed by atoms with Gasteiger partial charge >= 0.3 is 0 Å². The quantitative estimate of drug-likeness (QED) is 0.810. The highest BCUT2D eigenvalue weighted by Gasteiger charge is 2.24. The summed E-state index contributed by atoms with van der Waals surface area (Å²) in [5.74, 6) is 1.82. The van der Waals surface area contributed by atoms with E-state index in [0.29, 0.717) is 17.6 Å². The molecule has 2 heterocycles. The van der Waals surface area contributed by atoms with Crippen molar-refractivity contribution in [3.8, 4) is 11.4 Å². The summed E-state index contributed by atoms with van der Waals surface area (Å²) in [7, 11) is 1.91. The maximum Gasteiger partial charge on any atom is 0.165 e. The summed E-state index contributed by atoms with van der Waals surface area (Å²) in [6, 6.07) is 0. The van der Waals surface area contributed by atoms with Crippen molar-refractivity contribution in [1.29, 1.82) is 0 Å². The van der Waals surface area contributed by atoms with Crippen LogP contribution in [0, 0.1) is 10.5 Å². The van der Waals surface area contributed by atoms with E-state index in [-0.39, 0.29) is 0 Å². The molecule has 1 aliphatic rings. The van der Waals surface area contributed by atoms with Crippen LogP contribution < -0.4 is 5.73 Å². The maximum atomic E-state index is 6.10. The van der Waals surface area contributed by atoms with Gasteiger partial charge in [-0.1, -0.05) is 12.8 Å². The van der Waals surface area contributed by atoms with Crippen LogP contribution in [0.4, 0.5) is 5.82 Å². The summed E-state index contributed by atoms with van der Waals surface area (Å²) in [6.07, 6.45) is 6.93. The summed E-state index contributed by atoms with van der Waals surface area (Å²) in [6.45, 7) is 1.97. The van der Waals surface area contributed by atoms with Crippen molar-refractivity contribution >= 4 is 28.4 Å². The monoisotopic (exact) mass is 383 g/mol. The molecule has 1 fully saturated rings. The first-order chi connectivity index (χ1) is 9.56. The first-order valence-electron chi connectivity index (χ1n) is 6.89. The minimum atomic E-state index is 0.530. The highest BCUT2D eigenvalue weighted by atomic mass is 127. The molecule has 0 radical (unpaired) electrons. The second-order valence-electron chi connectivity index (χ2n) is 5.41. The van der Waals surface area contributed by atoms with Crippen molar-refractivity contribution in [2.45, 2.75) is 38.5 Å². The van der Waals surface area contributed by atoms with Gasteiger partial charge in [0.25, 0.3) is 0 Å². The molecule has 3 rings (SSSR count). The Balaban J connectivity index is 2.10. The number of hydrogen-bond donors (Lipinski definition) is 1. The molecule has 0 bridgehead atoms. The molecule has 1 saturated carbocycles. The molecule has 6 heteroatoms. The number of halogens is 1. The molecule has 0 amide bonds. The van der Waals surface area contributed by atoms with E-state index in [1.165, 1.54) is 25.7 Å². The van der Waals surface area contributed by atoms with E-state index in [1.807, 2.05) is 20.2 Å². The van der Waals surface area contributed by atoms with Crippen LogP contribution in [0.15, 0.2) is 6.20 Å². The van der Waals surface area contributed by atoms with Crippen molar-refractivity contribution in [2.75, 3.05) is 5.73 Å². The lowest BCUT2D eigenvalue weighted by molar-refractivity contribution is 0.691. The van der Waals surface area contributed by atoms with E-state index in [9.17, 15) is 0 Å². The van der Waals surface area contributed by atoms with Gasteiger partial charge in [-0.3, -0.25) is 4.68 Å². The zero-order chi connectivity index (χ0) is 14.3. The third-order valence-corrected chi connectivity index (χ3v) is 5.00. The Morgan fingerprint density at radius 3 is 2.60 bits per heavy atom. The molecule has 5 nitrogen and oxygen atoms in total. The van der Waals surface area contributed by atoms with Crippen LogP contribution in [-0.2, 0) is 7.05 Å². The van der Waals surface area contributed by atoms with Crippen LogP contribution in [-0.4, -0.2) is 19.7 Å². The Hall–Kier alpha value is -1.18. The van der Waals surface area contributed by atoms with Crippen molar-refractivity contribution in [2.24, 2.45) is 7.05 Å². The van der Waals surface area contributed by atoms with Crippen molar-refractivity contribution in [3.63, 3.8) is 0 Å². The minimum absolute atomic E-state index is 0.530. The van der Waals surface area contributed by atoms with Gasteiger partial charge in [-0.05, 0) is 42.4 Å². The van der Waals surface area contributed by atoms with Crippen molar-refractivity contribution in [1.82, 2.24) is 19.7 Å². The predicted octanol–water partition coefficient (Wildman–Crippen LogP) is 3.03. The van der Waals surface area contributed by atoms with Crippen molar-refractivity contribution in [3.05, 3.63) is 21.2 Å². The van der Waals surface area contributed by atoms with Crippen LogP contribution in [0.1, 0.15) is 43.0 Å². The van der Waals surface area contributed by atoms with E-state index in [0.717, 1.165) is 20.5 Å². The standard InChI is InChI=1S/C14H18IN5/c1-8-10(7-20(2)19-8)14-17-12(9-5-3-4-6-9)11(15)13(16)18-14/h7,9H,3-6H2,1-2H3,(H2,16,17,18). The zero-order valence-electron chi connectivity index (χ0n) is 11.7. The molecule has 20 heavy (non-hydrogen) atoms. The maximum absolute atomic E-state index is 6.10. The largest absolute Gasteiger partial charge is 0.383 e. The second kappa shape index (κ2) is 5.31. The zero-order valence-corrected chi connectivity index (χ0v) is 13.9. The van der Waals surface area contributed by atoms with E-state index in [1.54, 1.807) is 4.68 Å². The van der Waals surface area contributed by atoms with Crippen LogP contribution >= 0.6 is 22.6 Å². The average Bonchev–Trinajstić information content (AvgIpc) is 3.02. The molecule has 106 valence electrons. The number of nitrogens with zero attached hydrogens (tertiary/aromatic N) is 4. The second-order valence-corrected chi connectivity index (χ2v) is 6.49. The smallest absolute Gasteiger partial charge is 0.165 e. The first kappa shape index (κ1) is 13.8. The first-order valence-corrected chi connectivity index (χ1v) is 7.97. The van der Waals surface area contributed by atoms with Gasteiger partial charge in [0.15, 0.2) is 5.82 Å². The Kier molecular flexibility index (Phi) is 3.66. The molecule has 1 aliphatic carbocycles. The van der Waals surface area contributed by atoms with Gasteiger partial charge in [-0.15, -0.1) is 0 Å². The fourth-order valence-corrected chi connectivity index (χ4v) is 3.57. The lowest BCUT2D eigenvalue weighted by atomic mass is 10.0. The molecule has 2 aromatic rings. The van der Waals surface area contributed by atoms with Crippen LogP contribution in [0.2, 0.25) is 0 Å². The fourth-order valence-electron chi connectivity index (χ4n) is 2.89. The number of rotatable bonds is 2. The molecule has 0 aliphatic heterocycles. The molecular formula is C14H18IN5. The van der Waals surface area contributed by atoms with Gasteiger partial charge < -0.3 is 5.73 Å². The number of nitrogen functional groups attached to an aromatic ring is 1. The third-order valence-electron chi connectivity index (χ3n) is 3.90. The Labute approximate surface area is 132 Å².